The van der Waals surface area contributed by atoms with Gasteiger partial charge in [0, 0.05) is 42.6 Å². The number of aliphatic hydroxyl groups is 2. The summed E-state index contributed by atoms with van der Waals surface area (Å²) < 4.78 is 8.90. The summed E-state index contributed by atoms with van der Waals surface area (Å²) in [5.74, 6) is 1.38. The van der Waals surface area contributed by atoms with Crippen LogP contribution < -0.4 is 15.2 Å². The van der Waals surface area contributed by atoms with Gasteiger partial charge in [-0.25, -0.2) is 15.0 Å². The zero-order valence-corrected chi connectivity index (χ0v) is 26.1. The highest BCUT2D eigenvalue weighted by molar-refractivity contribution is 5.66. The van der Waals surface area contributed by atoms with Gasteiger partial charge in [-0.2, -0.15) is 9.99 Å². The summed E-state index contributed by atoms with van der Waals surface area (Å²) >= 11 is 0. The Morgan fingerprint density at radius 2 is 1.71 bits per heavy atom. The molecule has 0 bridgehead atoms. The van der Waals surface area contributed by atoms with Gasteiger partial charge in [0.15, 0.2) is 12.0 Å². The van der Waals surface area contributed by atoms with Crippen LogP contribution in [0.5, 0.6) is 0 Å². The molecule has 1 aromatic carbocycles. The molecule has 236 valence electrons. The lowest BCUT2D eigenvalue weighted by Crippen LogP contribution is -2.46. The molecule has 2 aliphatic carbocycles. The van der Waals surface area contributed by atoms with Crippen molar-refractivity contribution in [2.45, 2.75) is 63.7 Å². The number of nitrogens with one attached hydrogen (secondary N) is 1. The van der Waals surface area contributed by atoms with E-state index >= 15 is 0 Å². The first kappa shape index (κ1) is 27.7. The van der Waals surface area contributed by atoms with Crippen molar-refractivity contribution in [3.05, 3.63) is 72.1 Å². The van der Waals surface area contributed by atoms with Crippen molar-refractivity contribution < 1.29 is 11.6 Å². The molecule has 3 aliphatic heterocycles. The number of aromatic nitrogens is 3. The third-order valence-electron chi connectivity index (χ3n) is 11.1. The lowest BCUT2D eigenvalue weighted by molar-refractivity contribution is 0.0244. The van der Waals surface area contributed by atoms with Crippen molar-refractivity contribution in [1.29, 1.82) is 0 Å². The standard InChI is InChI=1S/C35H44N8O2/c1-3-18-42-32(45)27-23-36-33(39-31(27)43(42)28-9-4-24-10-11-35(12-13-35)30(44)29(24)38-28)37-25-5-7-26(8-6-25)41-21-16-34(17-22-41)14-19-40(2)20-15-34/h3-9,23,30,32,44-45H,1,10-22H2,2H3,(H,36,37,39)/t30-,32?/m1/s1/i30D. The van der Waals surface area contributed by atoms with E-state index < -0.39 is 17.7 Å². The molecule has 1 unspecified atom stereocenters. The van der Waals surface area contributed by atoms with Gasteiger partial charge in [-0.3, -0.25) is 0 Å². The molecule has 5 aliphatic rings. The first-order valence-electron chi connectivity index (χ1n) is 17.0. The maximum Gasteiger partial charge on any atom is 0.229 e. The van der Waals surface area contributed by atoms with Crippen molar-refractivity contribution >= 4 is 29.0 Å². The number of hydrogen-bond donors (Lipinski definition) is 3. The normalized spacial score (nSPS) is 27.3. The van der Waals surface area contributed by atoms with Gasteiger partial charge < -0.3 is 25.3 Å². The van der Waals surface area contributed by atoms with Crippen LogP contribution in [0.1, 0.15) is 75.4 Å². The van der Waals surface area contributed by atoms with Crippen molar-refractivity contribution in [2.75, 3.05) is 55.0 Å². The highest BCUT2D eigenvalue weighted by Gasteiger charge is 2.52. The molecule has 2 saturated heterocycles. The number of aliphatic hydroxyl groups excluding tert-OH is 1. The van der Waals surface area contributed by atoms with Crippen LogP contribution in [0.25, 0.3) is 0 Å². The van der Waals surface area contributed by atoms with Crippen LogP contribution in [0.3, 0.4) is 0 Å². The van der Waals surface area contributed by atoms with Crippen LogP contribution in [0.4, 0.5) is 29.0 Å². The summed E-state index contributed by atoms with van der Waals surface area (Å²) in [4.78, 5) is 19.2. The van der Waals surface area contributed by atoms with Crippen LogP contribution in [0.2, 0.25) is 0 Å². The number of rotatable bonds is 6. The number of anilines is 5. The molecule has 1 saturated carbocycles. The molecule has 3 aromatic rings. The van der Waals surface area contributed by atoms with Crippen LogP contribution in [-0.2, 0) is 6.42 Å². The Morgan fingerprint density at radius 1 is 0.978 bits per heavy atom. The number of aryl methyl sites for hydroxylation is 1. The highest BCUT2D eigenvalue weighted by Crippen LogP contribution is 2.60. The molecule has 5 heterocycles. The van der Waals surface area contributed by atoms with Gasteiger partial charge in [0.2, 0.25) is 5.95 Å². The van der Waals surface area contributed by atoms with Gasteiger partial charge in [-0.05, 0) is 113 Å². The second-order valence-corrected chi connectivity index (χ2v) is 13.8. The molecule has 10 nitrogen and oxygen atoms in total. The third-order valence-corrected chi connectivity index (χ3v) is 11.1. The summed E-state index contributed by atoms with van der Waals surface area (Å²) in [7, 11) is 2.23. The van der Waals surface area contributed by atoms with E-state index in [9.17, 15) is 10.2 Å². The molecule has 8 rings (SSSR count). The van der Waals surface area contributed by atoms with Crippen LogP contribution in [0, 0.1) is 10.8 Å². The van der Waals surface area contributed by atoms with Gasteiger partial charge in [0.1, 0.15) is 11.9 Å². The molecule has 10 heteroatoms. The van der Waals surface area contributed by atoms with Crippen molar-refractivity contribution in [1.82, 2.24) is 24.9 Å². The van der Waals surface area contributed by atoms with E-state index in [1.807, 2.05) is 12.1 Å². The summed E-state index contributed by atoms with van der Waals surface area (Å²) in [6.07, 6.45) is 9.04. The molecule has 45 heavy (non-hydrogen) atoms. The molecule has 2 atom stereocenters. The predicted molar refractivity (Wildman–Crippen MR) is 176 cm³/mol. The third kappa shape index (κ3) is 5.08. The van der Waals surface area contributed by atoms with E-state index in [0.29, 0.717) is 40.8 Å². The van der Waals surface area contributed by atoms with Crippen LogP contribution in [-0.4, -0.2) is 74.8 Å². The van der Waals surface area contributed by atoms with Crippen molar-refractivity contribution in [3.63, 3.8) is 0 Å². The van der Waals surface area contributed by atoms with Crippen LogP contribution >= 0.6 is 0 Å². The van der Waals surface area contributed by atoms with Crippen molar-refractivity contribution in [3.8, 4) is 0 Å². The highest BCUT2D eigenvalue weighted by atomic mass is 16.3. The molecule has 2 spiro atoms. The second-order valence-electron chi connectivity index (χ2n) is 13.8. The number of piperidine rings is 2. The fourth-order valence-electron chi connectivity index (χ4n) is 7.84. The SMILES string of the molecule is [2H][C@@]1(O)c2nc(N3c4nc(Nc5ccc(N6CCC7(CCN(C)CC7)CC6)cc5)ncc4C(O)N3CC=C)ccc2CCC12CC2. The number of pyridine rings is 1. The largest absolute Gasteiger partial charge is 0.386 e. The zero-order chi connectivity index (χ0) is 31.7. The number of hydrazine groups is 1. The first-order chi connectivity index (χ1) is 22.2. The summed E-state index contributed by atoms with van der Waals surface area (Å²) in [5, 5.41) is 29.4. The Morgan fingerprint density at radius 3 is 2.42 bits per heavy atom. The van der Waals surface area contributed by atoms with Gasteiger partial charge >= 0.3 is 0 Å². The Balaban J connectivity index is 1.02. The van der Waals surface area contributed by atoms with Crippen LogP contribution in [0.15, 0.2) is 55.3 Å². The molecule has 0 radical (unpaired) electrons. The lowest BCUT2D eigenvalue weighted by Gasteiger charge is -2.46. The molecule has 2 aromatic heterocycles. The van der Waals surface area contributed by atoms with Gasteiger partial charge in [0.25, 0.3) is 0 Å². The fourth-order valence-corrected chi connectivity index (χ4v) is 7.84. The quantitative estimate of drug-likeness (QED) is 0.322. The molecular formula is C35H44N8O2. The Hall–Kier alpha value is -3.57. The van der Waals surface area contributed by atoms with Gasteiger partial charge in [0.05, 0.1) is 12.6 Å². The monoisotopic (exact) mass is 609 g/mol. The van der Waals surface area contributed by atoms with E-state index in [0.717, 1.165) is 50.0 Å². The van der Waals surface area contributed by atoms with E-state index in [1.165, 1.54) is 44.5 Å². The van der Waals surface area contributed by atoms with Gasteiger partial charge in [-0.15, -0.1) is 6.58 Å². The minimum absolute atomic E-state index is 0.338. The molecule has 0 amide bonds. The summed E-state index contributed by atoms with van der Waals surface area (Å²) in [6, 6.07) is 12.3. The lowest BCUT2D eigenvalue weighted by atomic mass is 9.71. The molecular weight excluding hydrogens is 564 g/mol. The topological polar surface area (TPSA) is 104 Å². The average Bonchev–Trinajstić information content (AvgIpc) is 3.82. The Bertz CT molecular complexity index is 1630. The van der Waals surface area contributed by atoms with E-state index in [2.05, 4.69) is 58.0 Å². The maximum absolute atomic E-state index is 11.3. The molecule has 3 N–H and O–H groups in total. The zero-order valence-electron chi connectivity index (χ0n) is 27.1. The Labute approximate surface area is 266 Å². The first-order valence-corrected chi connectivity index (χ1v) is 16.5. The van der Waals surface area contributed by atoms with Gasteiger partial charge in [-0.1, -0.05) is 12.1 Å². The average molecular weight is 610 g/mol. The number of likely N-dealkylation sites (tertiary alicyclic amines) is 1. The number of benzene rings is 1. The maximum atomic E-state index is 11.3. The van der Waals surface area contributed by atoms with E-state index in [1.54, 1.807) is 22.3 Å². The number of hydrogen-bond acceptors (Lipinski definition) is 10. The molecule has 3 fully saturated rings. The second kappa shape index (κ2) is 11.0. The summed E-state index contributed by atoms with van der Waals surface area (Å²) in [6.45, 7) is 8.85. The summed E-state index contributed by atoms with van der Waals surface area (Å²) in [5.41, 5.74) is 4.07. The minimum Gasteiger partial charge on any atom is -0.386 e. The van der Waals surface area contributed by atoms with Crippen molar-refractivity contribution in [2.24, 2.45) is 10.8 Å². The Kier molecular flexibility index (Phi) is 6.80. The minimum atomic E-state index is -1.74. The fraction of sp³-hybridized carbons (Fsp3) is 0.514. The van der Waals surface area contributed by atoms with E-state index in [4.69, 9.17) is 11.3 Å². The smallest absolute Gasteiger partial charge is 0.229 e. The van der Waals surface area contributed by atoms with E-state index in [-0.39, 0.29) is 0 Å². The predicted octanol–water partition coefficient (Wildman–Crippen LogP) is 5.23. The number of fused-ring (bicyclic) bond motifs is 2. The number of nitrogens with zero attached hydrogens (tertiary/aromatic N) is 7.